The van der Waals surface area contributed by atoms with Gasteiger partial charge in [-0.1, -0.05) is 0 Å². The van der Waals surface area contributed by atoms with Crippen LogP contribution in [0.3, 0.4) is 0 Å². The van der Waals surface area contributed by atoms with E-state index in [0.717, 1.165) is 5.56 Å². The standard InChI is InChI=1S/C16H20N6O2.2ClH/c1-17-14(10-8-18-22(4)9-10)15(23)19-11-5-6-13-12(7-11)20-16(24-13)21(2)3;;/h5-9,14,17H,1-4H3,(H,19,23);2*1H. The quantitative estimate of drug-likeness (QED) is 0.683. The van der Waals surface area contributed by atoms with Crippen LogP contribution in [0.2, 0.25) is 0 Å². The van der Waals surface area contributed by atoms with Crippen molar-refractivity contribution in [3.63, 3.8) is 0 Å². The maximum absolute atomic E-state index is 12.5. The average molecular weight is 401 g/mol. The number of aryl methyl sites for hydroxylation is 1. The summed E-state index contributed by atoms with van der Waals surface area (Å²) in [5.41, 5.74) is 2.83. The first-order chi connectivity index (χ1) is 11.5. The van der Waals surface area contributed by atoms with Gasteiger partial charge >= 0.3 is 0 Å². The molecule has 2 N–H and O–H groups in total. The molecule has 10 heteroatoms. The first-order valence-electron chi connectivity index (χ1n) is 7.52. The lowest BCUT2D eigenvalue weighted by Crippen LogP contribution is -2.30. The third-order valence-electron chi connectivity index (χ3n) is 3.64. The number of anilines is 2. The van der Waals surface area contributed by atoms with Gasteiger partial charge in [-0.2, -0.15) is 10.1 Å². The molecule has 8 nitrogen and oxygen atoms in total. The number of nitrogens with zero attached hydrogens (tertiary/aromatic N) is 4. The summed E-state index contributed by atoms with van der Waals surface area (Å²) in [6, 6.07) is 5.42. The minimum absolute atomic E-state index is 0. The van der Waals surface area contributed by atoms with Crippen molar-refractivity contribution in [2.45, 2.75) is 6.04 Å². The largest absolute Gasteiger partial charge is 0.423 e. The number of nitrogens with one attached hydrogen (secondary N) is 2. The number of aromatic nitrogens is 3. The molecule has 0 aliphatic carbocycles. The van der Waals surface area contributed by atoms with E-state index >= 15 is 0 Å². The zero-order valence-corrected chi connectivity index (χ0v) is 16.5. The van der Waals surface area contributed by atoms with E-state index in [4.69, 9.17) is 4.42 Å². The summed E-state index contributed by atoms with van der Waals surface area (Å²) in [5, 5.41) is 10.0. The van der Waals surface area contributed by atoms with E-state index in [1.807, 2.05) is 27.3 Å². The normalized spacial score (nSPS) is 11.4. The van der Waals surface area contributed by atoms with Crippen molar-refractivity contribution in [2.24, 2.45) is 7.05 Å². The smallest absolute Gasteiger partial charge is 0.297 e. The van der Waals surface area contributed by atoms with Crippen molar-refractivity contribution < 1.29 is 9.21 Å². The predicted octanol–water partition coefficient (Wildman–Crippen LogP) is 2.37. The molecule has 26 heavy (non-hydrogen) atoms. The van der Waals surface area contributed by atoms with Crippen LogP contribution >= 0.6 is 24.8 Å². The second-order valence-corrected chi connectivity index (χ2v) is 5.73. The Labute approximate surface area is 163 Å². The maximum atomic E-state index is 12.5. The number of halogens is 2. The molecule has 142 valence electrons. The van der Waals surface area contributed by atoms with Crippen LogP contribution in [0.1, 0.15) is 11.6 Å². The fourth-order valence-electron chi connectivity index (χ4n) is 2.44. The second-order valence-electron chi connectivity index (χ2n) is 5.73. The Balaban J connectivity index is 0.00000169. The first kappa shape index (κ1) is 21.8. The highest BCUT2D eigenvalue weighted by Crippen LogP contribution is 2.24. The summed E-state index contributed by atoms with van der Waals surface area (Å²) in [7, 11) is 7.27. The molecule has 0 aliphatic rings. The molecule has 2 aromatic heterocycles. The highest BCUT2D eigenvalue weighted by molar-refractivity contribution is 5.96. The van der Waals surface area contributed by atoms with E-state index in [9.17, 15) is 4.79 Å². The molecule has 0 radical (unpaired) electrons. The van der Waals surface area contributed by atoms with E-state index < -0.39 is 6.04 Å². The van der Waals surface area contributed by atoms with Gasteiger partial charge in [0.2, 0.25) is 5.91 Å². The Morgan fingerprint density at radius 3 is 2.62 bits per heavy atom. The summed E-state index contributed by atoms with van der Waals surface area (Å²) in [6.45, 7) is 0. The van der Waals surface area contributed by atoms with Gasteiger partial charge in [0.25, 0.3) is 6.01 Å². The van der Waals surface area contributed by atoms with Gasteiger partial charge < -0.3 is 20.0 Å². The molecule has 3 aromatic rings. The number of oxazole rings is 1. The van der Waals surface area contributed by atoms with Crippen molar-refractivity contribution in [3.8, 4) is 0 Å². The third kappa shape index (κ3) is 4.46. The molecule has 0 aliphatic heterocycles. The van der Waals surface area contributed by atoms with Crippen molar-refractivity contribution in [1.29, 1.82) is 0 Å². The number of hydrogen-bond acceptors (Lipinski definition) is 6. The fraction of sp³-hybridized carbons (Fsp3) is 0.312. The Morgan fingerprint density at radius 2 is 2.04 bits per heavy atom. The van der Waals surface area contributed by atoms with Crippen LogP contribution in [-0.2, 0) is 11.8 Å². The number of carbonyl (C=O) groups excluding carboxylic acids is 1. The molecule has 0 saturated carbocycles. The monoisotopic (exact) mass is 400 g/mol. The van der Waals surface area contributed by atoms with Gasteiger partial charge in [0, 0.05) is 38.6 Å². The minimum atomic E-state index is -0.482. The first-order valence-corrected chi connectivity index (χ1v) is 7.52. The van der Waals surface area contributed by atoms with Gasteiger partial charge in [0.1, 0.15) is 11.6 Å². The van der Waals surface area contributed by atoms with Crippen LogP contribution in [0.5, 0.6) is 0 Å². The van der Waals surface area contributed by atoms with Crippen LogP contribution in [0, 0.1) is 0 Å². The second kappa shape index (κ2) is 8.88. The Bertz CT molecular complexity index is 877. The summed E-state index contributed by atoms with van der Waals surface area (Å²) in [4.78, 5) is 18.7. The number of amides is 1. The molecule has 0 fully saturated rings. The molecular formula is C16H22Cl2N6O2. The molecule has 0 spiro atoms. The molecule has 0 saturated heterocycles. The maximum Gasteiger partial charge on any atom is 0.297 e. The van der Waals surface area contributed by atoms with E-state index in [1.165, 1.54) is 0 Å². The molecule has 1 aromatic carbocycles. The summed E-state index contributed by atoms with van der Waals surface area (Å²) >= 11 is 0. The lowest BCUT2D eigenvalue weighted by atomic mass is 10.1. The SMILES string of the molecule is CNC(C(=O)Nc1ccc2oc(N(C)C)nc2c1)c1cnn(C)c1.Cl.Cl. The Kier molecular flexibility index (Phi) is 7.43. The molecule has 0 bridgehead atoms. The number of likely N-dealkylation sites (N-methyl/N-ethyl adjacent to an activating group) is 1. The van der Waals surface area contributed by atoms with Gasteiger partial charge in [0.05, 0.1) is 6.20 Å². The van der Waals surface area contributed by atoms with Crippen LogP contribution in [0.15, 0.2) is 35.0 Å². The molecule has 2 heterocycles. The van der Waals surface area contributed by atoms with Crippen molar-refractivity contribution in [1.82, 2.24) is 20.1 Å². The molecule has 1 amide bonds. The zero-order chi connectivity index (χ0) is 17.3. The van der Waals surface area contributed by atoms with Gasteiger partial charge in [0.15, 0.2) is 5.58 Å². The number of fused-ring (bicyclic) bond motifs is 1. The Morgan fingerprint density at radius 1 is 1.31 bits per heavy atom. The summed E-state index contributed by atoms with van der Waals surface area (Å²) < 4.78 is 7.27. The van der Waals surface area contributed by atoms with Gasteiger partial charge in [-0.15, -0.1) is 24.8 Å². The van der Waals surface area contributed by atoms with Crippen molar-refractivity contribution in [2.75, 3.05) is 31.4 Å². The fourth-order valence-corrected chi connectivity index (χ4v) is 2.44. The summed E-state index contributed by atoms with van der Waals surface area (Å²) in [6.07, 6.45) is 3.48. The van der Waals surface area contributed by atoms with E-state index in [-0.39, 0.29) is 30.7 Å². The van der Waals surface area contributed by atoms with Crippen LogP contribution in [0.4, 0.5) is 11.7 Å². The number of rotatable bonds is 5. The topological polar surface area (TPSA) is 88.2 Å². The molecule has 1 unspecified atom stereocenters. The number of hydrogen-bond donors (Lipinski definition) is 2. The van der Waals surface area contributed by atoms with Crippen molar-refractivity contribution >= 4 is 53.5 Å². The minimum Gasteiger partial charge on any atom is -0.423 e. The molecule has 1 atom stereocenters. The van der Waals surface area contributed by atoms with E-state index in [2.05, 4.69) is 20.7 Å². The Hall–Kier alpha value is -2.29. The van der Waals surface area contributed by atoms with Gasteiger partial charge in [-0.25, -0.2) is 0 Å². The zero-order valence-electron chi connectivity index (χ0n) is 14.9. The lowest BCUT2D eigenvalue weighted by molar-refractivity contribution is -0.118. The van der Waals surface area contributed by atoms with Gasteiger partial charge in [-0.3, -0.25) is 9.48 Å². The van der Waals surface area contributed by atoms with Gasteiger partial charge in [-0.05, 0) is 25.2 Å². The highest BCUT2D eigenvalue weighted by atomic mass is 35.5. The third-order valence-corrected chi connectivity index (χ3v) is 3.64. The molecular weight excluding hydrogens is 379 g/mol. The van der Waals surface area contributed by atoms with E-state index in [1.54, 1.807) is 41.0 Å². The summed E-state index contributed by atoms with van der Waals surface area (Å²) in [5.74, 6) is -0.166. The number of carbonyl (C=O) groups is 1. The van der Waals surface area contributed by atoms with Crippen LogP contribution in [0.25, 0.3) is 11.1 Å². The van der Waals surface area contributed by atoms with E-state index in [0.29, 0.717) is 22.8 Å². The molecule has 3 rings (SSSR count). The highest BCUT2D eigenvalue weighted by Gasteiger charge is 2.20. The lowest BCUT2D eigenvalue weighted by Gasteiger charge is -2.14. The van der Waals surface area contributed by atoms with Crippen molar-refractivity contribution in [3.05, 3.63) is 36.2 Å². The number of benzene rings is 1. The van der Waals surface area contributed by atoms with Crippen LogP contribution < -0.4 is 15.5 Å². The predicted molar refractivity (Wildman–Crippen MR) is 106 cm³/mol. The average Bonchev–Trinajstić information content (AvgIpc) is 3.14. The van der Waals surface area contributed by atoms with Crippen LogP contribution in [-0.4, -0.2) is 41.8 Å².